The van der Waals surface area contributed by atoms with E-state index in [1.54, 1.807) is 13.2 Å². The van der Waals surface area contributed by atoms with E-state index >= 15 is 0 Å². The fourth-order valence-electron chi connectivity index (χ4n) is 1.85. The van der Waals surface area contributed by atoms with Gasteiger partial charge < -0.3 is 25.7 Å². The molecule has 0 aromatic heterocycles. The Morgan fingerprint density at radius 1 is 1.38 bits per heavy atom. The van der Waals surface area contributed by atoms with Gasteiger partial charge in [-0.2, -0.15) is 0 Å². The summed E-state index contributed by atoms with van der Waals surface area (Å²) in [6.07, 6.45) is 2.24. The third-order valence-corrected chi connectivity index (χ3v) is 3.06. The smallest absolute Gasteiger partial charge is 0.170 e. The molecule has 0 aliphatic heterocycles. The molecule has 0 saturated carbocycles. The zero-order valence-electron chi connectivity index (χ0n) is 12.8. The van der Waals surface area contributed by atoms with E-state index in [4.69, 9.17) is 20.4 Å². The largest absolute Gasteiger partial charge is 0.496 e. The third kappa shape index (κ3) is 6.01. The molecule has 1 aromatic rings. The van der Waals surface area contributed by atoms with Crippen molar-refractivity contribution < 1.29 is 14.7 Å². The number of benzene rings is 1. The van der Waals surface area contributed by atoms with Crippen LogP contribution in [0.1, 0.15) is 30.9 Å². The molecule has 0 fully saturated rings. The summed E-state index contributed by atoms with van der Waals surface area (Å²) in [6.45, 7) is 5.03. The number of oxime groups is 1. The summed E-state index contributed by atoms with van der Waals surface area (Å²) in [6, 6.07) is 5.41. The molecule has 0 aliphatic rings. The molecule has 0 spiro atoms. The lowest BCUT2D eigenvalue weighted by Gasteiger charge is -2.11. The van der Waals surface area contributed by atoms with Crippen LogP contribution in [0.2, 0.25) is 0 Å². The van der Waals surface area contributed by atoms with Crippen molar-refractivity contribution in [2.75, 3.05) is 26.9 Å². The van der Waals surface area contributed by atoms with Crippen LogP contribution in [0.5, 0.6) is 5.75 Å². The number of methoxy groups -OCH3 is 1. The van der Waals surface area contributed by atoms with Crippen LogP contribution in [0.15, 0.2) is 23.4 Å². The highest BCUT2D eigenvalue weighted by atomic mass is 16.5. The second-order valence-corrected chi connectivity index (χ2v) is 4.65. The van der Waals surface area contributed by atoms with Crippen LogP contribution in [0.25, 0.3) is 0 Å². The summed E-state index contributed by atoms with van der Waals surface area (Å²) in [5, 5.41) is 15.0. The van der Waals surface area contributed by atoms with Gasteiger partial charge >= 0.3 is 0 Å². The summed E-state index contributed by atoms with van der Waals surface area (Å²) in [7, 11) is 1.62. The molecule has 6 heteroatoms. The molecule has 0 saturated heterocycles. The molecule has 0 aliphatic carbocycles. The fraction of sp³-hybridized carbons (Fsp3) is 0.533. The van der Waals surface area contributed by atoms with Gasteiger partial charge in [0, 0.05) is 30.8 Å². The van der Waals surface area contributed by atoms with Gasteiger partial charge in [0.05, 0.1) is 13.7 Å². The number of amidine groups is 1. The van der Waals surface area contributed by atoms with Crippen LogP contribution >= 0.6 is 0 Å². The molecule has 0 heterocycles. The molecule has 0 radical (unpaired) electrons. The van der Waals surface area contributed by atoms with Crippen molar-refractivity contribution in [3.05, 3.63) is 29.3 Å². The molecular weight excluding hydrogens is 270 g/mol. The summed E-state index contributed by atoms with van der Waals surface area (Å²) in [4.78, 5) is 0. The van der Waals surface area contributed by atoms with Crippen LogP contribution in [0.3, 0.4) is 0 Å². The second-order valence-electron chi connectivity index (χ2n) is 4.65. The van der Waals surface area contributed by atoms with Gasteiger partial charge in [-0.1, -0.05) is 18.5 Å². The topological polar surface area (TPSA) is 89.1 Å². The van der Waals surface area contributed by atoms with Gasteiger partial charge in [-0.3, -0.25) is 0 Å². The van der Waals surface area contributed by atoms with Gasteiger partial charge in [0.1, 0.15) is 5.75 Å². The van der Waals surface area contributed by atoms with E-state index in [0.29, 0.717) is 18.7 Å². The van der Waals surface area contributed by atoms with Gasteiger partial charge in [0.2, 0.25) is 0 Å². The van der Waals surface area contributed by atoms with E-state index in [-0.39, 0.29) is 5.84 Å². The average Bonchev–Trinajstić information content (AvgIpc) is 2.53. The van der Waals surface area contributed by atoms with Crippen LogP contribution in [0.4, 0.5) is 0 Å². The Morgan fingerprint density at radius 2 is 2.19 bits per heavy atom. The first-order valence-electron chi connectivity index (χ1n) is 7.16. The molecule has 118 valence electrons. The number of nitrogens with zero attached hydrogens (tertiary/aromatic N) is 1. The molecule has 6 nitrogen and oxygen atoms in total. The van der Waals surface area contributed by atoms with Crippen molar-refractivity contribution in [2.24, 2.45) is 10.9 Å². The monoisotopic (exact) mass is 295 g/mol. The lowest BCUT2D eigenvalue weighted by atomic mass is 10.1. The van der Waals surface area contributed by atoms with Gasteiger partial charge in [-0.15, -0.1) is 0 Å². The van der Waals surface area contributed by atoms with E-state index in [9.17, 15) is 0 Å². The van der Waals surface area contributed by atoms with Crippen LogP contribution in [-0.2, 0) is 11.3 Å². The lowest BCUT2D eigenvalue weighted by molar-refractivity contribution is 0.133. The standard InChI is InChI=1S/C15H25N3O3/c1-3-4-8-21-9-7-17-11-13-10-12(15(16)18-19)5-6-14(13)20-2/h5-6,10,17,19H,3-4,7-9,11H2,1-2H3,(H2,16,18). The highest BCUT2D eigenvalue weighted by Crippen LogP contribution is 2.19. The van der Waals surface area contributed by atoms with E-state index in [0.717, 1.165) is 37.3 Å². The Morgan fingerprint density at radius 3 is 2.86 bits per heavy atom. The molecule has 0 bridgehead atoms. The summed E-state index contributed by atoms with van der Waals surface area (Å²) < 4.78 is 10.8. The predicted octanol–water partition coefficient (Wildman–Crippen LogP) is 1.70. The van der Waals surface area contributed by atoms with Crippen molar-refractivity contribution in [3.63, 3.8) is 0 Å². The highest BCUT2D eigenvalue weighted by molar-refractivity contribution is 5.97. The van der Waals surface area contributed by atoms with Crippen molar-refractivity contribution in [2.45, 2.75) is 26.3 Å². The maximum Gasteiger partial charge on any atom is 0.170 e. The predicted molar refractivity (Wildman–Crippen MR) is 82.9 cm³/mol. The zero-order chi connectivity index (χ0) is 15.5. The Labute approximate surface area is 125 Å². The van der Waals surface area contributed by atoms with E-state index < -0.39 is 0 Å². The van der Waals surface area contributed by atoms with Crippen molar-refractivity contribution in [3.8, 4) is 5.75 Å². The number of ether oxygens (including phenoxy) is 2. The quantitative estimate of drug-likeness (QED) is 0.201. The SMILES string of the molecule is CCCCOCCNCc1cc(/C(N)=N/O)ccc1OC. The van der Waals surface area contributed by atoms with Crippen molar-refractivity contribution >= 4 is 5.84 Å². The normalized spacial score (nSPS) is 11.6. The maximum atomic E-state index is 8.72. The number of unbranched alkanes of at least 4 members (excludes halogenated alkanes) is 1. The molecular formula is C15H25N3O3. The molecule has 0 amide bonds. The summed E-state index contributed by atoms with van der Waals surface area (Å²) in [5.41, 5.74) is 7.21. The first-order chi connectivity index (χ1) is 10.2. The minimum Gasteiger partial charge on any atom is -0.496 e. The Hall–Kier alpha value is -1.79. The number of hydrogen-bond donors (Lipinski definition) is 3. The van der Waals surface area contributed by atoms with Gasteiger partial charge in [-0.25, -0.2) is 0 Å². The lowest BCUT2D eigenvalue weighted by Crippen LogP contribution is -2.20. The van der Waals surface area contributed by atoms with Crippen LogP contribution in [0, 0.1) is 0 Å². The van der Waals surface area contributed by atoms with Crippen LogP contribution in [-0.4, -0.2) is 37.9 Å². The van der Waals surface area contributed by atoms with E-state index in [2.05, 4.69) is 17.4 Å². The van der Waals surface area contributed by atoms with Crippen LogP contribution < -0.4 is 15.8 Å². The Balaban J connectivity index is 2.49. The van der Waals surface area contributed by atoms with Crippen molar-refractivity contribution in [1.82, 2.24) is 5.32 Å². The summed E-state index contributed by atoms with van der Waals surface area (Å²) in [5.74, 6) is 0.852. The maximum absolute atomic E-state index is 8.72. The van der Waals surface area contributed by atoms with Gasteiger partial charge in [-0.05, 0) is 24.6 Å². The van der Waals surface area contributed by atoms with E-state index in [1.807, 2.05) is 12.1 Å². The molecule has 1 aromatic carbocycles. The molecule has 0 unspecified atom stereocenters. The van der Waals surface area contributed by atoms with Gasteiger partial charge in [0.25, 0.3) is 0 Å². The van der Waals surface area contributed by atoms with Gasteiger partial charge in [0.15, 0.2) is 5.84 Å². The number of nitrogens with one attached hydrogen (secondary N) is 1. The molecule has 4 N–H and O–H groups in total. The first-order valence-corrected chi connectivity index (χ1v) is 7.16. The zero-order valence-corrected chi connectivity index (χ0v) is 12.8. The first kappa shape index (κ1) is 17.3. The number of hydrogen-bond acceptors (Lipinski definition) is 5. The Kier molecular flexibility index (Phi) is 8.23. The van der Waals surface area contributed by atoms with E-state index in [1.165, 1.54) is 0 Å². The number of nitrogens with two attached hydrogens (primary N) is 1. The highest BCUT2D eigenvalue weighted by Gasteiger charge is 2.07. The summed E-state index contributed by atoms with van der Waals surface area (Å²) >= 11 is 0. The minimum absolute atomic E-state index is 0.0850. The average molecular weight is 295 g/mol. The Bertz CT molecular complexity index is 450. The third-order valence-electron chi connectivity index (χ3n) is 3.06. The van der Waals surface area contributed by atoms with Crippen molar-refractivity contribution in [1.29, 1.82) is 0 Å². The number of rotatable bonds is 10. The molecule has 0 atom stereocenters. The fourth-order valence-corrected chi connectivity index (χ4v) is 1.85. The minimum atomic E-state index is 0.0850. The second kappa shape index (κ2) is 10.0. The molecule has 1 rings (SSSR count). The molecule has 21 heavy (non-hydrogen) atoms.